The predicted octanol–water partition coefficient (Wildman–Crippen LogP) is 2.51. The Morgan fingerprint density at radius 2 is 1.35 bits per heavy atom. The number of hydrogen-bond acceptors (Lipinski definition) is 3. The fraction of sp³-hybridized carbons (Fsp3) is 0.143. The molecule has 0 aliphatic heterocycles. The molecule has 0 saturated carbocycles. The summed E-state index contributed by atoms with van der Waals surface area (Å²) in [5.74, 6) is 0. The van der Waals surface area contributed by atoms with Gasteiger partial charge in [-0.2, -0.15) is 0 Å². The summed E-state index contributed by atoms with van der Waals surface area (Å²) >= 11 is 0. The van der Waals surface area contributed by atoms with Gasteiger partial charge in [0.1, 0.15) is 0 Å². The molecule has 0 aromatic heterocycles. The monoisotopic (exact) mass is 227 g/mol. The van der Waals surface area contributed by atoms with Crippen molar-refractivity contribution in [2.75, 3.05) is 17.6 Å². The van der Waals surface area contributed by atoms with Gasteiger partial charge >= 0.3 is 0 Å². The van der Waals surface area contributed by atoms with Crippen molar-refractivity contribution < 1.29 is 0 Å². The molecule has 0 radical (unpaired) electrons. The Kier molecular flexibility index (Phi) is 3.62. The Morgan fingerprint density at radius 3 is 1.88 bits per heavy atom. The van der Waals surface area contributed by atoms with Crippen LogP contribution < -0.4 is 16.8 Å². The van der Waals surface area contributed by atoms with Crippen molar-refractivity contribution in [1.82, 2.24) is 0 Å². The van der Waals surface area contributed by atoms with Gasteiger partial charge in [0.05, 0.1) is 0 Å². The van der Waals surface area contributed by atoms with E-state index in [0.717, 1.165) is 23.5 Å². The van der Waals surface area contributed by atoms with E-state index >= 15 is 0 Å². The maximum Gasteiger partial charge on any atom is 0.0385 e. The molecule has 3 nitrogen and oxygen atoms in total. The summed E-state index contributed by atoms with van der Waals surface area (Å²) in [7, 11) is 0. The molecule has 88 valence electrons. The summed E-state index contributed by atoms with van der Waals surface area (Å²) in [5, 5.41) is 3.31. The summed E-state index contributed by atoms with van der Waals surface area (Å²) in [6.45, 7) is 0.685. The summed E-state index contributed by atoms with van der Waals surface area (Å²) < 4.78 is 0. The quantitative estimate of drug-likeness (QED) is 0.703. The van der Waals surface area contributed by atoms with Gasteiger partial charge in [0, 0.05) is 17.1 Å². The highest BCUT2D eigenvalue weighted by Gasteiger charge is 1.95. The molecule has 0 spiro atoms. The molecule has 0 aliphatic carbocycles. The Labute approximate surface area is 101 Å². The highest BCUT2D eigenvalue weighted by atomic mass is 14.9. The van der Waals surface area contributed by atoms with E-state index in [1.54, 1.807) is 0 Å². The van der Waals surface area contributed by atoms with Gasteiger partial charge in [-0.25, -0.2) is 0 Å². The van der Waals surface area contributed by atoms with Crippen LogP contribution in [0.25, 0.3) is 0 Å². The number of nitrogen functional groups attached to an aromatic ring is 1. The normalized spacial score (nSPS) is 10.2. The first-order chi connectivity index (χ1) is 8.28. The lowest BCUT2D eigenvalue weighted by molar-refractivity contribution is 0.969. The smallest absolute Gasteiger partial charge is 0.0385 e. The van der Waals surface area contributed by atoms with Gasteiger partial charge in [0.2, 0.25) is 0 Å². The zero-order chi connectivity index (χ0) is 12.1. The molecular formula is C14H17N3. The highest BCUT2D eigenvalue weighted by molar-refractivity contribution is 5.61. The summed E-state index contributed by atoms with van der Waals surface area (Å²) in [6, 6.07) is 16.0. The molecule has 0 fully saturated rings. The zero-order valence-corrected chi connectivity index (χ0v) is 9.69. The molecule has 0 aliphatic rings. The second-order valence-electron chi connectivity index (χ2n) is 3.98. The maximum absolute atomic E-state index is 5.63. The van der Waals surface area contributed by atoms with Crippen LogP contribution in [0.2, 0.25) is 0 Å². The summed E-state index contributed by atoms with van der Waals surface area (Å²) in [4.78, 5) is 0. The number of anilines is 3. The molecule has 2 aromatic carbocycles. The fourth-order valence-corrected chi connectivity index (χ4v) is 1.65. The average Bonchev–Trinajstić information content (AvgIpc) is 2.35. The van der Waals surface area contributed by atoms with E-state index in [-0.39, 0.29) is 0 Å². The molecule has 0 amide bonds. The number of hydrogen-bond donors (Lipinski definition) is 3. The van der Waals surface area contributed by atoms with Crippen molar-refractivity contribution >= 4 is 17.1 Å². The number of benzene rings is 2. The third kappa shape index (κ3) is 3.23. The molecule has 2 rings (SSSR count). The Hall–Kier alpha value is -2.00. The lowest BCUT2D eigenvalue weighted by atomic mass is 10.1. The van der Waals surface area contributed by atoms with Crippen molar-refractivity contribution in [2.24, 2.45) is 5.73 Å². The van der Waals surface area contributed by atoms with Gasteiger partial charge in [0.15, 0.2) is 0 Å². The van der Waals surface area contributed by atoms with Gasteiger partial charge < -0.3 is 16.8 Å². The van der Waals surface area contributed by atoms with E-state index in [2.05, 4.69) is 29.6 Å². The Bertz CT molecular complexity index is 460. The molecule has 0 atom stereocenters. The van der Waals surface area contributed by atoms with Crippen LogP contribution in [0.4, 0.5) is 17.1 Å². The summed E-state index contributed by atoms with van der Waals surface area (Å²) in [6.07, 6.45) is 0.919. The first-order valence-corrected chi connectivity index (χ1v) is 5.69. The molecular weight excluding hydrogens is 210 g/mol. The van der Waals surface area contributed by atoms with Crippen LogP contribution in [0, 0.1) is 0 Å². The number of rotatable bonds is 4. The van der Waals surface area contributed by atoms with Gasteiger partial charge in [-0.15, -0.1) is 0 Å². The minimum atomic E-state index is 0.685. The number of nitrogens with two attached hydrogens (primary N) is 2. The van der Waals surface area contributed by atoms with Crippen LogP contribution in [0.1, 0.15) is 5.56 Å². The van der Waals surface area contributed by atoms with Crippen molar-refractivity contribution in [3.05, 3.63) is 54.1 Å². The fourth-order valence-electron chi connectivity index (χ4n) is 1.65. The van der Waals surface area contributed by atoms with Crippen molar-refractivity contribution in [3.63, 3.8) is 0 Å². The second-order valence-corrected chi connectivity index (χ2v) is 3.98. The second kappa shape index (κ2) is 5.37. The topological polar surface area (TPSA) is 64.1 Å². The SMILES string of the molecule is NCCc1ccc(Nc2ccc(N)cc2)cc1. The maximum atomic E-state index is 5.63. The lowest BCUT2D eigenvalue weighted by Gasteiger charge is -2.07. The molecule has 0 unspecified atom stereocenters. The lowest BCUT2D eigenvalue weighted by Crippen LogP contribution is -2.02. The van der Waals surface area contributed by atoms with E-state index in [9.17, 15) is 0 Å². The van der Waals surface area contributed by atoms with E-state index in [4.69, 9.17) is 11.5 Å². The Balaban J connectivity index is 2.05. The van der Waals surface area contributed by atoms with Crippen LogP contribution >= 0.6 is 0 Å². The first kappa shape index (κ1) is 11.5. The molecule has 3 heteroatoms. The third-order valence-corrected chi connectivity index (χ3v) is 2.59. The number of nitrogens with one attached hydrogen (secondary N) is 1. The Morgan fingerprint density at radius 1 is 0.824 bits per heavy atom. The van der Waals surface area contributed by atoms with E-state index in [0.29, 0.717) is 6.54 Å². The molecule has 0 bridgehead atoms. The van der Waals surface area contributed by atoms with Crippen molar-refractivity contribution in [1.29, 1.82) is 0 Å². The van der Waals surface area contributed by atoms with Gasteiger partial charge in [0.25, 0.3) is 0 Å². The van der Waals surface area contributed by atoms with Crippen LogP contribution in [-0.2, 0) is 6.42 Å². The van der Waals surface area contributed by atoms with E-state index in [1.165, 1.54) is 5.56 Å². The molecule has 0 heterocycles. The van der Waals surface area contributed by atoms with Gasteiger partial charge in [-0.05, 0) is 54.9 Å². The molecule has 0 saturated heterocycles. The molecule has 17 heavy (non-hydrogen) atoms. The van der Waals surface area contributed by atoms with Gasteiger partial charge in [-0.3, -0.25) is 0 Å². The van der Waals surface area contributed by atoms with Crippen molar-refractivity contribution in [3.8, 4) is 0 Å². The minimum Gasteiger partial charge on any atom is -0.399 e. The zero-order valence-electron chi connectivity index (χ0n) is 9.69. The largest absolute Gasteiger partial charge is 0.399 e. The van der Waals surface area contributed by atoms with Crippen LogP contribution in [0.3, 0.4) is 0 Å². The van der Waals surface area contributed by atoms with Crippen molar-refractivity contribution in [2.45, 2.75) is 6.42 Å². The standard InChI is InChI=1S/C14H17N3/c15-10-9-11-1-5-13(6-2-11)17-14-7-3-12(16)4-8-14/h1-8,17H,9-10,15-16H2. The van der Waals surface area contributed by atoms with Gasteiger partial charge in [-0.1, -0.05) is 12.1 Å². The van der Waals surface area contributed by atoms with E-state index < -0.39 is 0 Å². The first-order valence-electron chi connectivity index (χ1n) is 5.69. The molecule has 2 aromatic rings. The van der Waals surface area contributed by atoms with E-state index in [1.807, 2.05) is 24.3 Å². The predicted molar refractivity (Wildman–Crippen MR) is 73.3 cm³/mol. The average molecular weight is 227 g/mol. The third-order valence-electron chi connectivity index (χ3n) is 2.59. The summed E-state index contributed by atoms with van der Waals surface area (Å²) in [5.41, 5.74) is 15.3. The molecule has 5 N–H and O–H groups in total. The van der Waals surface area contributed by atoms with Crippen LogP contribution in [-0.4, -0.2) is 6.54 Å². The minimum absolute atomic E-state index is 0.685. The van der Waals surface area contributed by atoms with Crippen LogP contribution in [0.5, 0.6) is 0 Å². The van der Waals surface area contributed by atoms with Crippen LogP contribution in [0.15, 0.2) is 48.5 Å². The highest BCUT2D eigenvalue weighted by Crippen LogP contribution is 2.18.